The fraction of sp³-hybridized carbons (Fsp3) is 0.105. The van der Waals surface area contributed by atoms with Crippen LogP contribution < -0.4 is 10.6 Å². The van der Waals surface area contributed by atoms with Gasteiger partial charge in [0, 0.05) is 11.9 Å². The Labute approximate surface area is 170 Å². The third kappa shape index (κ3) is 4.33. The van der Waals surface area contributed by atoms with Crippen LogP contribution in [0.15, 0.2) is 53.6 Å². The SMILES string of the molecule is Cc1ccc2nc(Nc3nc(Nc4ccc(S(C)(=O)=O)cc4)ncc3F)sc2c1. The maximum absolute atomic E-state index is 14.2. The zero-order valence-electron chi connectivity index (χ0n) is 15.5. The number of halogens is 1. The smallest absolute Gasteiger partial charge is 0.229 e. The molecule has 0 atom stereocenters. The first-order valence-corrected chi connectivity index (χ1v) is 11.2. The van der Waals surface area contributed by atoms with Crippen LogP contribution in [-0.4, -0.2) is 29.6 Å². The minimum absolute atomic E-state index is 0.00830. The van der Waals surface area contributed by atoms with Gasteiger partial charge in [-0.25, -0.2) is 22.8 Å². The van der Waals surface area contributed by atoms with Crippen LogP contribution in [0.3, 0.4) is 0 Å². The summed E-state index contributed by atoms with van der Waals surface area (Å²) in [6.45, 7) is 2.00. The molecule has 148 valence electrons. The van der Waals surface area contributed by atoms with Crippen molar-refractivity contribution in [3.8, 4) is 0 Å². The van der Waals surface area contributed by atoms with Crippen molar-refractivity contribution in [3.05, 3.63) is 60.0 Å². The predicted molar refractivity (Wildman–Crippen MR) is 112 cm³/mol. The molecule has 0 bridgehead atoms. The molecule has 10 heteroatoms. The van der Waals surface area contributed by atoms with E-state index in [0.717, 1.165) is 28.2 Å². The van der Waals surface area contributed by atoms with Gasteiger partial charge < -0.3 is 10.6 Å². The van der Waals surface area contributed by atoms with Crippen LogP contribution in [0.5, 0.6) is 0 Å². The topological polar surface area (TPSA) is 96.9 Å². The molecule has 2 heterocycles. The highest BCUT2D eigenvalue weighted by Gasteiger charge is 2.12. The molecule has 2 aromatic heterocycles. The zero-order valence-corrected chi connectivity index (χ0v) is 17.1. The Kier molecular flexibility index (Phi) is 4.89. The minimum atomic E-state index is -3.28. The molecule has 0 amide bonds. The minimum Gasteiger partial charge on any atom is -0.324 e. The van der Waals surface area contributed by atoms with Crippen LogP contribution in [-0.2, 0) is 9.84 Å². The average Bonchev–Trinajstić information content (AvgIpc) is 3.05. The molecule has 4 rings (SSSR count). The first kappa shape index (κ1) is 19.2. The van der Waals surface area contributed by atoms with E-state index in [1.165, 1.54) is 23.5 Å². The largest absolute Gasteiger partial charge is 0.324 e. The number of nitrogens with zero attached hydrogens (tertiary/aromatic N) is 3. The monoisotopic (exact) mass is 429 g/mol. The Morgan fingerprint density at radius 1 is 1.03 bits per heavy atom. The van der Waals surface area contributed by atoms with Gasteiger partial charge >= 0.3 is 0 Å². The first-order chi connectivity index (χ1) is 13.8. The Morgan fingerprint density at radius 2 is 1.79 bits per heavy atom. The van der Waals surface area contributed by atoms with E-state index < -0.39 is 15.7 Å². The maximum atomic E-state index is 14.2. The molecule has 0 fully saturated rings. The highest BCUT2D eigenvalue weighted by atomic mass is 32.2. The molecule has 2 aromatic carbocycles. The van der Waals surface area contributed by atoms with Gasteiger partial charge in [0.15, 0.2) is 26.6 Å². The van der Waals surface area contributed by atoms with E-state index in [0.29, 0.717) is 10.8 Å². The summed E-state index contributed by atoms with van der Waals surface area (Å²) in [4.78, 5) is 12.7. The Morgan fingerprint density at radius 3 is 2.52 bits per heavy atom. The number of fused-ring (bicyclic) bond motifs is 1. The van der Waals surface area contributed by atoms with E-state index in [1.807, 2.05) is 25.1 Å². The standard InChI is InChI=1S/C19H16FN5O2S2/c1-11-3-8-15-16(9-11)28-19(23-15)25-17-14(20)10-21-18(24-17)22-12-4-6-13(7-5-12)29(2,26)27/h3-10H,1-2H3,(H2,21,22,23,24,25). The molecule has 0 aliphatic rings. The second kappa shape index (κ2) is 7.37. The van der Waals surface area contributed by atoms with Crippen LogP contribution in [0.25, 0.3) is 10.2 Å². The maximum Gasteiger partial charge on any atom is 0.229 e. The summed E-state index contributed by atoms with van der Waals surface area (Å²) in [5.74, 6) is -0.456. The van der Waals surface area contributed by atoms with Crippen molar-refractivity contribution in [2.75, 3.05) is 16.9 Å². The number of hydrogen-bond donors (Lipinski definition) is 2. The predicted octanol–water partition coefficient (Wildman–Crippen LogP) is 4.42. The molecule has 4 aromatic rings. The number of sulfone groups is 1. The number of rotatable bonds is 5. The lowest BCUT2D eigenvalue weighted by molar-refractivity contribution is 0.602. The van der Waals surface area contributed by atoms with Gasteiger partial charge in [-0.1, -0.05) is 17.4 Å². The Bertz CT molecular complexity index is 1300. The van der Waals surface area contributed by atoms with Gasteiger partial charge in [0.05, 0.1) is 21.3 Å². The summed E-state index contributed by atoms with van der Waals surface area (Å²) in [6, 6.07) is 12.0. The van der Waals surface area contributed by atoms with Gasteiger partial charge in [0.1, 0.15) is 0 Å². The molecule has 0 aliphatic carbocycles. The van der Waals surface area contributed by atoms with E-state index in [4.69, 9.17) is 0 Å². The molecule has 0 aliphatic heterocycles. The van der Waals surface area contributed by atoms with Crippen molar-refractivity contribution in [1.29, 1.82) is 0 Å². The number of aryl methyl sites for hydroxylation is 1. The van der Waals surface area contributed by atoms with Gasteiger partial charge in [-0.15, -0.1) is 0 Å². The van der Waals surface area contributed by atoms with E-state index in [9.17, 15) is 12.8 Å². The highest BCUT2D eigenvalue weighted by Crippen LogP contribution is 2.29. The number of thiazole rings is 1. The molecule has 29 heavy (non-hydrogen) atoms. The number of hydrogen-bond acceptors (Lipinski definition) is 8. The molecular formula is C19H16FN5O2S2. The third-order valence-corrected chi connectivity index (χ3v) is 6.11. The number of anilines is 4. The van der Waals surface area contributed by atoms with E-state index in [1.54, 1.807) is 12.1 Å². The van der Waals surface area contributed by atoms with Crippen molar-refractivity contribution in [2.24, 2.45) is 0 Å². The van der Waals surface area contributed by atoms with Crippen molar-refractivity contribution in [2.45, 2.75) is 11.8 Å². The molecule has 0 unspecified atom stereocenters. The molecule has 0 radical (unpaired) electrons. The summed E-state index contributed by atoms with van der Waals surface area (Å²) in [6.07, 6.45) is 2.19. The van der Waals surface area contributed by atoms with Crippen LogP contribution in [0.2, 0.25) is 0 Å². The van der Waals surface area contributed by atoms with E-state index in [-0.39, 0.29) is 16.7 Å². The fourth-order valence-electron chi connectivity index (χ4n) is 2.62. The zero-order chi connectivity index (χ0) is 20.6. The normalized spacial score (nSPS) is 11.6. The summed E-state index contributed by atoms with van der Waals surface area (Å²) < 4.78 is 38.3. The van der Waals surface area contributed by atoms with Crippen molar-refractivity contribution >= 4 is 54.0 Å². The van der Waals surface area contributed by atoms with Gasteiger partial charge in [0.25, 0.3) is 0 Å². The second-order valence-electron chi connectivity index (χ2n) is 6.43. The van der Waals surface area contributed by atoms with Crippen LogP contribution in [0.4, 0.5) is 27.0 Å². The van der Waals surface area contributed by atoms with Crippen molar-refractivity contribution in [3.63, 3.8) is 0 Å². The number of nitrogens with one attached hydrogen (secondary N) is 2. The van der Waals surface area contributed by atoms with Gasteiger partial charge in [-0.05, 0) is 48.9 Å². The molecule has 0 saturated carbocycles. The summed E-state index contributed by atoms with van der Waals surface area (Å²) in [5.41, 5.74) is 2.52. The van der Waals surface area contributed by atoms with Crippen LogP contribution in [0.1, 0.15) is 5.56 Å². The Hall–Kier alpha value is -3.11. The van der Waals surface area contributed by atoms with Gasteiger partial charge in [-0.2, -0.15) is 4.98 Å². The lowest BCUT2D eigenvalue weighted by Gasteiger charge is -2.08. The molecule has 0 saturated heterocycles. The summed E-state index contributed by atoms with van der Waals surface area (Å²) in [7, 11) is -3.28. The van der Waals surface area contributed by atoms with Crippen LogP contribution in [0, 0.1) is 12.7 Å². The van der Waals surface area contributed by atoms with E-state index >= 15 is 0 Å². The molecular weight excluding hydrogens is 413 g/mol. The lowest BCUT2D eigenvalue weighted by atomic mass is 10.2. The first-order valence-electron chi connectivity index (χ1n) is 8.52. The van der Waals surface area contributed by atoms with Crippen molar-refractivity contribution in [1.82, 2.24) is 15.0 Å². The molecule has 7 nitrogen and oxygen atoms in total. The molecule has 0 spiro atoms. The third-order valence-electron chi connectivity index (χ3n) is 4.05. The average molecular weight is 430 g/mol. The number of benzene rings is 2. The highest BCUT2D eigenvalue weighted by molar-refractivity contribution is 7.90. The fourth-order valence-corrected chi connectivity index (χ4v) is 4.21. The van der Waals surface area contributed by atoms with Crippen molar-refractivity contribution < 1.29 is 12.8 Å². The summed E-state index contributed by atoms with van der Waals surface area (Å²) in [5, 5.41) is 6.35. The lowest BCUT2D eigenvalue weighted by Crippen LogP contribution is -2.03. The van der Waals surface area contributed by atoms with E-state index in [2.05, 4.69) is 25.6 Å². The Balaban J connectivity index is 1.57. The second-order valence-corrected chi connectivity index (χ2v) is 9.47. The quantitative estimate of drug-likeness (QED) is 0.484. The molecule has 2 N–H and O–H groups in total. The van der Waals surface area contributed by atoms with Gasteiger partial charge in [0.2, 0.25) is 5.95 Å². The van der Waals surface area contributed by atoms with Crippen LogP contribution >= 0.6 is 11.3 Å². The van der Waals surface area contributed by atoms with Gasteiger partial charge in [-0.3, -0.25) is 0 Å². The summed E-state index contributed by atoms with van der Waals surface area (Å²) >= 11 is 1.40. The number of aromatic nitrogens is 3.